The molecule has 0 saturated heterocycles. The van der Waals surface area contributed by atoms with E-state index in [9.17, 15) is 0 Å². The maximum absolute atomic E-state index is 4.30. The molecule has 2 heterocycles. The van der Waals surface area contributed by atoms with E-state index in [0.29, 0.717) is 6.04 Å². The van der Waals surface area contributed by atoms with Gasteiger partial charge in [-0.15, -0.1) is 0 Å². The first kappa shape index (κ1) is 17.4. The van der Waals surface area contributed by atoms with E-state index < -0.39 is 0 Å². The first-order valence-electron chi connectivity index (χ1n) is 8.93. The Morgan fingerprint density at radius 1 is 0.960 bits per heavy atom. The van der Waals surface area contributed by atoms with Gasteiger partial charge in [0, 0.05) is 43.9 Å². The normalized spacial score (nSPS) is 12.4. The van der Waals surface area contributed by atoms with Crippen molar-refractivity contribution >= 4 is 0 Å². The highest BCUT2D eigenvalue weighted by molar-refractivity contribution is 5.24. The van der Waals surface area contributed by atoms with Crippen molar-refractivity contribution < 1.29 is 0 Å². The van der Waals surface area contributed by atoms with Gasteiger partial charge in [0.25, 0.3) is 0 Å². The number of aromatic nitrogens is 3. The van der Waals surface area contributed by atoms with Gasteiger partial charge in [-0.2, -0.15) is 5.10 Å². The van der Waals surface area contributed by atoms with Crippen LogP contribution in [-0.2, 0) is 19.6 Å². The van der Waals surface area contributed by atoms with E-state index in [1.165, 1.54) is 16.7 Å². The fraction of sp³-hybridized carbons (Fsp3) is 0.333. The zero-order chi connectivity index (χ0) is 17.5. The standard InChI is InChI=1S/C21H26N4/c1-3-18(2)24(15-19-8-11-22-12-9-19)16-20-6-4-7-21(14-20)17-25-13-5-10-23-25/h4-14,18H,3,15-17H2,1-2H3/t18-/m0/s1. The summed E-state index contributed by atoms with van der Waals surface area (Å²) < 4.78 is 1.96. The Hall–Kier alpha value is -2.46. The van der Waals surface area contributed by atoms with Crippen LogP contribution in [0.1, 0.15) is 37.0 Å². The third kappa shape index (κ3) is 5.00. The lowest BCUT2D eigenvalue weighted by Gasteiger charge is -2.28. The van der Waals surface area contributed by atoms with Crippen molar-refractivity contribution in [1.29, 1.82) is 0 Å². The fourth-order valence-electron chi connectivity index (χ4n) is 2.99. The van der Waals surface area contributed by atoms with Crippen LogP contribution in [0, 0.1) is 0 Å². The van der Waals surface area contributed by atoms with Gasteiger partial charge in [-0.1, -0.05) is 31.2 Å². The minimum Gasteiger partial charge on any atom is -0.292 e. The Bertz CT molecular complexity index is 753. The smallest absolute Gasteiger partial charge is 0.0659 e. The van der Waals surface area contributed by atoms with E-state index in [1.54, 1.807) is 0 Å². The molecule has 0 unspecified atom stereocenters. The van der Waals surface area contributed by atoms with Gasteiger partial charge in [-0.25, -0.2) is 0 Å². The summed E-state index contributed by atoms with van der Waals surface area (Å²) in [6.45, 7) is 7.26. The van der Waals surface area contributed by atoms with E-state index >= 15 is 0 Å². The van der Waals surface area contributed by atoms with Crippen molar-refractivity contribution in [1.82, 2.24) is 19.7 Å². The predicted octanol–water partition coefficient (Wildman–Crippen LogP) is 4.13. The summed E-state index contributed by atoms with van der Waals surface area (Å²) in [5, 5.41) is 4.30. The maximum atomic E-state index is 4.30. The quantitative estimate of drug-likeness (QED) is 0.621. The van der Waals surface area contributed by atoms with E-state index in [1.807, 2.05) is 35.5 Å². The van der Waals surface area contributed by atoms with Crippen molar-refractivity contribution in [3.63, 3.8) is 0 Å². The van der Waals surface area contributed by atoms with Crippen LogP contribution in [0.4, 0.5) is 0 Å². The molecule has 0 saturated carbocycles. The third-order valence-electron chi connectivity index (χ3n) is 4.63. The maximum Gasteiger partial charge on any atom is 0.0659 e. The topological polar surface area (TPSA) is 34.0 Å². The lowest BCUT2D eigenvalue weighted by molar-refractivity contribution is 0.186. The molecule has 25 heavy (non-hydrogen) atoms. The molecule has 3 aromatic rings. The van der Waals surface area contributed by atoms with Crippen LogP contribution in [0.3, 0.4) is 0 Å². The van der Waals surface area contributed by atoms with Crippen LogP contribution in [0.2, 0.25) is 0 Å². The van der Waals surface area contributed by atoms with Crippen LogP contribution in [0.15, 0.2) is 67.3 Å². The molecule has 0 bridgehead atoms. The minimum atomic E-state index is 0.530. The number of nitrogens with zero attached hydrogens (tertiary/aromatic N) is 4. The van der Waals surface area contributed by atoms with Crippen LogP contribution in [0.5, 0.6) is 0 Å². The average molecular weight is 334 g/mol. The molecule has 0 fully saturated rings. The third-order valence-corrected chi connectivity index (χ3v) is 4.63. The largest absolute Gasteiger partial charge is 0.292 e. The highest BCUT2D eigenvalue weighted by atomic mass is 15.3. The number of hydrogen-bond donors (Lipinski definition) is 0. The van der Waals surface area contributed by atoms with Crippen LogP contribution in [0.25, 0.3) is 0 Å². The molecule has 4 nitrogen and oxygen atoms in total. The highest BCUT2D eigenvalue weighted by Gasteiger charge is 2.13. The van der Waals surface area contributed by atoms with Crippen LogP contribution in [-0.4, -0.2) is 25.7 Å². The molecular weight excluding hydrogens is 308 g/mol. The molecule has 1 aromatic carbocycles. The first-order chi connectivity index (χ1) is 12.2. The fourth-order valence-corrected chi connectivity index (χ4v) is 2.99. The van der Waals surface area contributed by atoms with E-state index in [4.69, 9.17) is 0 Å². The molecule has 0 radical (unpaired) electrons. The molecule has 3 rings (SSSR count). The Morgan fingerprint density at radius 3 is 2.44 bits per heavy atom. The van der Waals surface area contributed by atoms with Gasteiger partial charge in [0.15, 0.2) is 0 Å². The lowest BCUT2D eigenvalue weighted by Crippen LogP contribution is -2.31. The van der Waals surface area contributed by atoms with Crippen LogP contribution >= 0.6 is 0 Å². The van der Waals surface area contributed by atoms with Gasteiger partial charge < -0.3 is 0 Å². The van der Waals surface area contributed by atoms with Crippen molar-refractivity contribution in [3.8, 4) is 0 Å². The zero-order valence-corrected chi connectivity index (χ0v) is 15.0. The lowest BCUT2D eigenvalue weighted by atomic mass is 10.1. The molecule has 1 atom stereocenters. The van der Waals surface area contributed by atoms with Gasteiger partial charge in [-0.05, 0) is 48.2 Å². The summed E-state index contributed by atoms with van der Waals surface area (Å²) in [6, 6.07) is 15.5. The Kier molecular flexibility index (Phi) is 5.96. The molecule has 4 heteroatoms. The van der Waals surface area contributed by atoms with Gasteiger partial charge in [0.2, 0.25) is 0 Å². The first-order valence-corrected chi connectivity index (χ1v) is 8.93. The Labute approximate surface area is 150 Å². The minimum absolute atomic E-state index is 0.530. The number of hydrogen-bond acceptors (Lipinski definition) is 3. The van der Waals surface area contributed by atoms with Crippen LogP contribution < -0.4 is 0 Å². The average Bonchev–Trinajstić information content (AvgIpc) is 3.15. The summed E-state index contributed by atoms with van der Waals surface area (Å²) in [6.07, 6.45) is 8.70. The Balaban J connectivity index is 1.72. The van der Waals surface area contributed by atoms with Crippen molar-refractivity contribution in [2.75, 3.05) is 0 Å². The van der Waals surface area contributed by atoms with Gasteiger partial charge in [-0.3, -0.25) is 14.6 Å². The highest BCUT2D eigenvalue weighted by Crippen LogP contribution is 2.16. The van der Waals surface area contributed by atoms with E-state index in [-0.39, 0.29) is 0 Å². The van der Waals surface area contributed by atoms with Crippen molar-refractivity contribution in [3.05, 3.63) is 83.9 Å². The number of benzene rings is 1. The summed E-state index contributed by atoms with van der Waals surface area (Å²) in [7, 11) is 0. The second-order valence-corrected chi connectivity index (χ2v) is 6.54. The van der Waals surface area contributed by atoms with Crippen molar-refractivity contribution in [2.45, 2.75) is 45.9 Å². The molecule has 0 aliphatic heterocycles. The molecular formula is C21H26N4. The predicted molar refractivity (Wildman–Crippen MR) is 101 cm³/mol. The second-order valence-electron chi connectivity index (χ2n) is 6.54. The van der Waals surface area contributed by atoms with Crippen molar-refractivity contribution in [2.24, 2.45) is 0 Å². The molecule has 0 spiro atoms. The summed E-state index contributed by atoms with van der Waals surface area (Å²) in [5.74, 6) is 0. The van der Waals surface area contributed by atoms with Gasteiger partial charge in [0.05, 0.1) is 6.54 Å². The zero-order valence-electron chi connectivity index (χ0n) is 15.0. The molecule has 0 N–H and O–H groups in total. The molecule has 2 aromatic heterocycles. The van der Waals surface area contributed by atoms with E-state index in [2.05, 4.69) is 65.2 Å². The molecule has 0 aliphatic carbocycles. The summed E-state index contributed by atoms with van der Waals surface area (Å²) >= 11 is 0. The molecule has 0 amide bonds. The monoisotopic (exact) mass is 334 g/mol. The van der Waals surface area contributed by atoms with Gasteiger partial charge in [0.1, 0.15) is 0 Å². The summed E-state index contributed by atoms with van der Waals surface area (Å²) in [4.78, 5) is 6.65. The molecule has 0 aliphatic rings. The summed E-state index contributed by atoms with van der Waals surface area (Å²) in [5.41, 5.74) is 3.94. The number of pyridine rings is 1. The molecule has 130 valence electrons. The van der Waals surface area contributed by atoms with E-state index in [0.717, 1.165) is 26.1 Å². The SMILES string of the molecule is CC[C@H](C)N(Cc1ccncc1)Cc1cccc(Cn2cccn2)c1. The number of rotatable bonds is 8. The van der Waals surface area contributed by atoms with Gasteiger partial charge >= 0.3 is 0 Å². The Morgan fingerprint density at radius 2 is 1.72 bits per heavy atom. The second kappa shape index (κ2) is 8.58.